The molecule has 30 heavy (non-hydrogen) atoms. The number of hydrogen-bond donors (Lipinski definition) is 1. The van der Waals surface area contributed by atoms with Crippen LogP contribution in [0.3, 0.4) is 0 Å². The lowest BCUT2D eigenvalue weighted by molar-refractivity contribution is -0.138. The van der Waals surface area contributed by atoms with E-state index in [1.165, 1.54) is 12.1 Å². The second-order valence-corrected chi connectivity index (χ2v) is 8.07. The summed E-state index contributed by atoms with van der Waals surface area (Å²) in [7, 11) is 0. The Balaban J connectivity index is 1.38. The molecule has 8 heteroatoms. The van der Waals surface area contributed by atoms with Crippen molar-refractivity contribution in [3.05, 3.63) is 42.2 Å². The number of anilines is 1. The van der Waals surface area contributed by atoms with Crippen LogP contribution >= 0.6 is 0 Å². The summed E-state index contributed by atoms with van der Waals surface area (Å²) in [5.41, 5.74) is 6.88. The largest absolute Gasteiger partial charge is 0.369 e. The first-order valence-corrected chi connectivity index (χ1v) is 10.4. The Morgan fingerprint density at radius 1 is 0.933 bits per heavy atom. The van der Waals surface area contributed by atoms with E-state index in [0.717, 1.165) is 30.8 Å². The van der Waals surface area contributed by atoms with Crippen molar-refractivity contribution in [2.45, 2.75) is 25.7 Å². The molecule has 1 aromatic heterocycles. The summed E-state index contributed by atoms with van der Waals surface area (Å²) >= 11 is 0. The van der Waals surface area contributed by atoms with Crippen molar-refractivity contribution in [3.8, 4) is 11.3 Å². The smallest absolute Gasteiger partial charge is 0.227 e. The molecule has 2 amide bonds. The van der Waals surface area contributed by atoms with Gasteiger partial charge in [0.2, 0.25) is 11.8 Å². The van der Waals surface area contributed by atoms with Crippen LogP contribution in [-0.2, 0) is 9.59 Å². The standard InChI is InChI=1S/C22H26FN5O2/c23-18-5-3-15(4-6-18)19-7-8-20(26-25-19)28-11-1-2-17(14-28)22(30)27-12-9-16(10-13-27)21(24)29/h3-8,16-17H,1-2,9-14H2,(H2,24,29). The first-order chi connectivity index (χ1) is 14.5. The van der Waals surface area contributed by atoms with Crippen molar-refractivity contribution < 1.29 is 14.0 Å². The molecule has 0 bridgehead atoms. The average molecular weight is 411 g/mol. The van der Waals surface area contributed by atoms with E-state index in [1.54, 1.807) is 12.1 Å². The molecule has 2 N–H and O–H groups in total. The van der Waals surface area contributed by atoms with Crippen LogP contribution in [0.25, 0.3) is 11.3 Å². The van der Waals surface area contributed by atoms with Gasteiger partial charge in [-0.2, -0.15) is 0 Å². The molecule has 2 aliphatic heterocycles. The lowest BCUT2D eigenvalue weighted by Gasteiger charge is -2.37. The van der Waals surface area contributed by atoms with Gasteiger partial charge < -0.3 is 15.5 Å². The van der Waals surface area contributed by atoms with E-state index in [1.807, 2.05) is 17.0 Å². The van der Waals surface area contributed by atoms with Gasteiger partial charge in [0.1, 0.15) is 5.82 Å². The number of primary amides is 1. The third-order valence-electron chi connectivity index (χ3n) is 6.09. The summed E-state index contributed by atoms with van der Waals surface area (Å²) in [6.45, 7) is 2.63. The van der Waals surface area contributed by atoms with Gasteiger partial charge in [0, 0.05) is 37.7 Å². The second kappa shape index (κ2) is 8.77. The van der Waals surface area contributed by atoms with Gasteiger partial charge in [0.05, 0.1) is 11.6 Å². The number of aromatic nitrogens is 2. The van der Waals surface area contributed by atoms with Crippen molar-refractivity contribution >= 4 is 17.6 Å². The predicted octanol–water partition coefficient (Wildman–Crippen LogP) is 2.22. The van der Waals surface area contributed by atoms with E-state index in [-0.39, 0.29) is 29.5 Å². The zero-order valence-electron chi connectivity index (χ0n) is 16.8. The first-order valence-electron chi connectivity index (χ1n) is 10.4. The summed E-state index contributed by atoms with van der Waals surface area (Å²) in [5, 5.41) is 8.63. The normalized spacial score (nSPS) is 20.2. The number of hydrogen-bond acceptors (Lipinski definition) is 5. The lowest BCUT2D eigenvalue weighted by atomic mass is 9.92. The highest BCUT2D eigenvalue weighted by atomic mass is 19.1. The van der Waals surface area contributed by atoms with Crippen molar-refractivity contribution in [2.24, 2.45) is 17.6 Å². The minimum absolute atomic E-state index is 0.0811. The van der Waals surface area contributed by atoms with Gasteiger partial charge in [0.25, 0.3) is 0 Å². The van der Waals surface area contributed by atoms with Crippen LogP contribution in [0.2, 0.25) is 0 Å². The van der Waals surface area contributed by atoms with Gasteiger partial charge in [-0.05, 0) is 62.1 Å². The minimum atomic E-state index is -0.286. The Morgan fingerprint density at radius 3 is 2.30 bits per heavy atom. The number of rotatable bonds is 4. The number of amides is 2. The maximum Gasteiger partial charge on any atom is 0.227 e. The fourth-order valence-electron chi connectivity index (χ4n) is 4.30. The fraction of sp³-hybridized carbons (Fsp3) is 0.455. The predicted molar refractivity (Wildman–Crippen MR) is 111 cm³/mol. The van der Waals surface area contributed by atoms with Crippen molar-refractivity contribution in [1.82, 2.24) is 15.1 Å². The van der Waals surface area contributed by atoms with Gasteiger partial charge in [-0.1, -0.05) is 0 Å². The molecule has 2 aliphatic rings. The lowest BCUT2D eigenvalue weighted by Crippen LogP contribution is -2.48. The van der Waals surface area contributed by atoms with Gasteiger partial charge >= 0.3 is 0 Å². The molecule has 2 aromatic rings. The van der Waals surface area contributed by atoms with E-state index in [0.29, 0.717) is 38.2 Å². The van der Waals surface area contributed by atoms with E-state index in [9.17, 15) is 14.0 Å². The van der Waals surface area contributed by atoms with Gasteiger partial charge in [-0.15, -0.1) is 10.2 Å². The number of nitrogens with two attached hydrogens (primary N) is 1. The molecule has 158 valence electrons. The van der Waals surface area contributed by atoms with Crippen LogP contribution in [0.15, 0.2) is 36.4 Å². The maximum absolute atomic E-state index is 13.1. The Bertz CT molecular complexity index is 895. The third kappa shape index (κ3) is 4.42. The van der Waals surface area contributed by atoms with Crippen LogP contribution in [0.5, 0.6) is 0 Å². The van der Waals surface area contributed by atoms with Crippen LogP contribution in [0, 0.1) is 17.7 Å². The fourth-order valence-corrected chi connectivity index (χ4v) is 4.30. The molecule has 3 heterocycles. The highest BCUT2D eigenvalue weighted by molar-refractivity contribution is 5.81. The maximum atomic E-state index is 13.1. The monoisotopic (exact) mass is 411 g/mol. The number of piperidine rings is 2. The van der Waals surface area contributed by atoms with E-state index in [4.69, 9.17) is 5.73 Å². The van der Waals surface area contributed by atoms with Crippen molar-refractivity contribution in [3.63, 3.8) is 0 Å². The van der Waals surface area contributed by atoms with Crippen molar-refractivity contribution in [1.29, 1.82) is 0 Å². The first kappa shape index (κ1) is 20.3. The molecule has 0 saturated carbocycles. The highest BCUT2D eigenvalue weighted by Crippen LogP contribution is 2.26. The highest BCUT2D eigenvalue weighted by Gasteiger charge is 2.33. The second-order valence-electron chi connectivity index (χ2n) is 8.07. The Labute approximate surface area is 175 Å². The number of likely N-dealkylation sites (tertiary alicyclic amines) is 1. The number of carbonyl (C=O) groups is 2. The van der Waals surface area contributed by atoms with E-state index < -0.39 is 0 Å². The van der Waals surface area contributed by atoms with Crippen LogP contribution in [-0.4, -0.2) is 53.1 Å². The van der Waals surface area contributed by atoms with E-state index in [2.05, 4.69) is 15.1 Å². The molecule has 0 radical (unpaired) electrons. The van der Waals surface area contributed by atoms with Crippen LogP contribution < -0.4 is 10.6 Å². The molecular formula is C22H26FN5O2. The van der Waals surface area contributed by atoms with E-state index >= 15 is 0 Å². The average Bonchev–Trinajstić information content (AvgIpc) is 2.79. The number of carbonyl (C=O) groups excluding carboxylic acids is 2. The molecule has 7 nitrogen and oxygen atoms in total. The number of nitrogens with zero attached hydrogens (tertiary/aromatic N) is 4. The molecule has 0 aliphatic carbocycles. The summed E-state index contributed by atoms with van der Waals surface area (Å²) in [6.07, 6.45) is 3.06. The molecule has 1 aromatic carbocycles. The topological polar surface area (TPSA) is 92.4 Å². The molecule has 4 rings (SSSR count). The molecule has 2 fully saturated rings. The number of halogens is 1. The minimum Gasteiger partial charge on any atom is -0.369 e. The molecule has 0 spiro atoms. The van der Waals surface area contributed by atoms with Gasteiger partial charge in [0.15, 0.2) is 5.82 Å². The third-order valence-corrected chi connectivity index (χ3v) is 6.09. The SMILES string of the molecule is NC(=O)C1CCN(C(=O)C2CCCN(c3ccc(-c4ccc(F)cc4)nn3)C2)CC1. The molecule has 1 unspecified atom stereocenters. The van der Waals surface area contributed by atoms with Gasteiger partial charge in [-0.25, -0.2) is 4.39 Å². The number of benzene rings is 1. The summed E-state index contributed by atoms with van der Waals surface area (Å²) in [6, 6.07) is 9.93. The molecular weight excluding hydrogens is 385 g/mol. The Hall–Kier alpha value is -3.03. The van der Waals surface area contributed by atoms with Gasteiger partial charge in [-0.3, -0.25) is 9.59 Å². The van der Waals surface area contributed by atoms with Crippen molar-refractivity contribution in [2.75, 3.05) is 31.1 Å². The quantitative estimate of drug-likeness (QED) is 0.833. The molecule has 2 saturated heterocycles. The Morgan fingerprint density at radius 2 is 1.67 bits per heavy atom. The molecule has 1 atom stereocenters. The van der Waals surface area contributed by atoms with Crippen LogP contribution in [0.1, 0.15) is 25.7 Å². The van der Waals surface area contributed by atoms with Crippen LogP contribution in [0.4, 0.5) is 10.2 Å². The summed E-state index contributed by atoms with van der Waals surface area (Å²) in [4.78, 5) is 28.3. The Kier molecular flexibility index (Phi) is 5.92. The summed E-state index contributed by atoms with van der Waals surface area (Å²) in [5.74, 6) is 0.137. The zero-order chi connectivity index (χ0) is 21.1. The summed E-state index contributed by atoms with van der Waals surface area (Å²) < 4.78 is 13.1. The zero-order valence-corrected chi connectivity index (χ0v) is 16.8.